The van der Waals surface area contributed by atoms with Gasteiger partial charge in [-0.2, -0.15) is 0 Å². The molecule has 0 saturated heterocycles. The van der Waals surface area contributed by atoms with Crippen LogP contribution in [0.4, 0.5) is 0 Å². The number of guanidine groups is 1. The molecular formula is C47H62ClN9O6. The first-order valence-corrected chi connectivity index (χ1v) is 21.9. The maximum atomic E-state index is 14.4. The number of nitrogens with two attached hydrogens (primary N) is 3. The second-order valence-corrected chi connectivity index (χ2v) is 15.7. The minimum absolute atomic E-state index is 0.00633. The van der Waals surface area contributed by atoms with Gasteiger partial charge in [-0.1, -0.05) is 109 Å². The lowest BCUT2D eigenvalue weighted by atomic mass is 9.98. The largest absolute Gasteiger partial charge is 0.374 e. The van der Waals surface area contributed by atoms with Crippen molar-refractivity contribution in [1.82, 2.24) is 26.6 Å². The summed E-state index contributed by atoms with van der Waals surface area (Å²) in [6.07, 6.45) is 3.92. The Bertz CT molecular complexity index is 2090. The number of nitrogens with zero attached hydrogens (tertiary/aromatic N) is 1. The number of nitrogens with one attached hydrogen (secondary N) is 5. The highest BCUT2D eigenvalue weighted by atomic mass is 35.5. The van der Waals surface area contributed by atoms with E-state index in [1.54, 1.807) is 31.2 Å². The van der Waals surface area contributed by atoms with Crippen LogP contribution >= 0.6 is 11.6 Å². The normalized spacial score (nSPS) is 12.9. The zero-order valence-corrected chi connectivity index (χ0v) is 36.7. The van der Waals surface area contributed by atoms with Crippen LogP contribution in [0.1, 0.15) is 68.6 Å². The van der Waals surface area contributed by atoms with Crippen LogP contribution in [-0.2, 0) is 48.2 Å². The summed E-state index contributed by atoms with van der Waals surface area (Å²) >= 11 is 6.18. The van der Waals surface area contributed by atoms with Crippen LogP contribution in [0, 0.1) is 0 Å². The van der Waals surface area contributed by atoms with Gasteiger partial charge in [0.25, 0.3) is 0 Å². The van der Waals surface area contributed by atoms with Crippen LogP contribution in [0.2, 0.25) is 5.02 Å². The van der Waals surface area contributed by atoms with Crippen molar-refractivity contribution in [3.8, 4) is 0 Å². The highest BCUT2D eigenvalue weighted by Crippen LogP contribution is 2.20. The molecule has 0 aliphatic carbocycles. The maximum absolute atomic E-state index is 14.4. The molecule has 4 atom stereocenters. The number of fused-ring (bicyclic) bond motifs is 1. The number of carbonyl (C=O) groups excluding carboxylic acids is 5. The van der Waals surface area contributed by atoms with E-state index in [4.69, 9.17) is 33.5 Å². The molecule has 0 aliphatic heterocycles. The van der Waals surface area contributed by atoms with E-state index in [0.717, 1.165) is 41.2 Å². The lowest BCUT2D eigenvalue weighted by molar-refractivity contribution is -0.135. The average molecular weight is 885 g/mol. The summed E-state index contributed by atoms with van der Waals surface area (Å²) in [7, 11) is 0. The fourth-order valence-corrected chi connectivity index (χ4v) is 7.08. The Morgan fingerprint density at radius 2 is 1.29 bits per heavy atom. The third kappa shape index (κ3) is 17.7. The Hall–Kier alpha value is -6.03. The van der Waals surface area contributed by atoms with Gasteiger partial charge >= 0.3 is 0 Å². The number of hydrogen-bond acceptors (Lipinski definition) is 8. The molecule has 11 N–H and O–H groups in total. The quantitative estimate of drug-likeness (QED) is 0.0248. The zero-order valence-electron chi connectivity index (χ0n) is 36.0. The van der Waals surface area contributed by atoms with Gasteiger partial charge in [-0.25, -0.2) is 0 Å². The first-order chi connectivity index (χ1) is 30.5. The molecule has 338 valence electrons. The van der Waals surface area contributed by atoms with Crippen LogP contribution in [0.15, 0.2) is 102 Å². The maximum Gasteiger partial charge on any atom is 0.245 e. The van der Waals surface area contributed by atoms with E-state index >= 15 is 0 Å². The number of ether oxygens (including phenoxy) is 1. The van der Waals surface area contributed by atoms with Crippen molar-refractivity contribution in [3.63, 3.8) is 0 Å². The van der Waals surface area contributed by atoms with Crippen molar-refractivity contribution in [3.05, 3.63) is 119 Å². The fourth-order valence-electron chi connectivity index (χ4n) is 6.95. The van der Waals surface area contributed by atoms with Gasteiger partial charge in [-0.15, -0.1) is 0 Å². The molecule has 0 aliphatic rings. The van der Waals surface area contributed by atoms with E-state index in [-0.39, 0.29) is 57.3 Å². The van der Waals surface area contributed by atoms with Crippen LogP contribution < -0.4 is 43.8 Å². The Balaban J connectivity index is 1.59. The Labute approximate surface area is 374 Å². The summed E-state index contributed by atoms with van der Waals surface area (Å²) < 4.78 is 5.92. The molecule has 16 heteroatoms. The molecule has 0 unspecified atom stereocenters. The summed E-state index contributed by atoms with van der Waals surface area (Å²) in [6, 6.07) is 25.2. The van der Waals surface area contributed by atoms with Crippen molar-refractivity contribution >= 4 is 57.9 Å². The first-order valence-electron chi connectivity index (χ1n) is 21.5. The predicted molar refractivity (Wildman–Crippen MR) is 247 cm³/mol. The number of carbonyl (C=O) groups is 5. The van der Waals surface area contributed by atoms with Crippen molar-refractivity contribution in [2.45, 2.75) is 95.5 Å². The predicted octanol–water partition coefficient (Wildman–Crippen LogP) is 3.53. The number of rotatable bonds is 27. The number of hydrogen-bond donors (Lipinski definition) is 8. The second-order valence-electron chi connectivity index (χ2n) is 15.3. The molecule has 0 aromatic heterocycles. The summed E-state index contributed by atoms with van der Waals surface area (Å²) in [5.74, 6) is -2.82. The average Bonchev–Trinajstić information content (AvgIpc) is 3.27. The van der Waals surface area contributed by atoms with Gasteiger partial charge in [0, 0.05) is 37.4 Å². The molecule has 4 aromatic rings. The molecule has 0 fully saturated rings. The standard InChI is InChI=1S/C47H62ClN9O6/c1-2-52-43(59)40(29-35-18-12-17-34-16-9-10-19-37(34)35)57-44(60)38(20-13-27-53-47(50)51)55-45(61)39(28-32-22-24-36(48)25-23-32)56-46(62)41(31-63-30-33-14-6-5-7-15-33)54-42(58)21-8-3-4-11-26-49/h5-7,9-10,12,14-19,22-25,38-41H,2-4,8,11,13,20-21,26-31,49H2,1H3,(H,52,59)(H,54,58)(H,55,61)(H,56,62)(H,57,60)(H4,50,51,53)/t38-,39+,40-,41-/m0/s1. The number of aliphatic imine (C=N–C) groups is 1. The number of unbranched alkanes of at least 4 members (excludes halogenated alkanes) is 3. The Morgan fingerprint density at radius 1 is 0.651 bits per heavy atom. The Morgan fingerprint density at radius 3 is 2.00 bits per heavy atom. The van der Waals surface area contributed by atoms with E-state index in [9.17, 15) is 24.0 Å². The van der Waals surface area contributed by atoms with Gasteiger partial charge in [-0.05, 0) is 78.7 Å². The molecule has 0 heterocycles. The van der Waals surface area contributed by atoms with Crippen molar-refractivity contribution < 1.29 is 28.7 Å². The molecule has 0 bridgehead atoms. The van der Waals surface area contributed by atoms with Gasteiger partial charge in [-0.3, -0.25) is 29.0 Å². The van der Waals surface area contributed by atoms with E-state index in [1.807, 2.05) is 72.8 Å². The van der Waals surface area contributed by atoms with Crippen molar-refractivity contribution in [1.29, 1.82) is 0 Å². The lowest BCUT2D eigenvalue weighted by Gasteiger charge is -2.27. The SMILES string of the molecule is CCNC(=O)[C@H](Cc1cccc2ccccc12)NC(=O)[C@H](CCCN=C(N)N)NC(=O)[C@@H](Cc1ccc(Cl)cc1)NC(=O)[C@H](COCc1ccccc1)NC(=O)CCCCCCN. The van der Waals surface area contributed by atoms with Gasteiger partial charge in [0.05, 0.1) is 13.2 Å². The van der Waals surface area contributed by atoms with E-state index in [1.165, 1.54) is 0 Å². The molecular weight excluding hydrogens is 822 g/mol. The molecule has 0 saturated carbocycles. The highest BCUT2D eigenvalue weighted by molar-refractivity contribution is 6.30. The van der Waals surface area contributed by atoms with E-state index < -0.39 is 47.8 Å². The molecule has 0 spiro atoms. The number of amides is 5. The monoisotopic (exact) mass is 883 g/mol. The number of halogens is 1. The minimum Gasteiger partial charge on any atom is -0.374 e. The zero-order chi connectivity index (χ0) is 45.4. The number of benzene rings is 4. The molecule has 63 heavy (non-hydrogen) atoms. The van der Waals surface area contributed by atoms with Gasteiger partial charge < -0.3 is 48.5 Å². The molecule has 5 amide bonds. The first kappa shape index (κ1) is 49.6. The topological polar surface area (TPSA) is 245 Å². The van der Waals surface area contributed by atoms with Crippen LogP contribution in [0.5, 0.6) is 0 Å². The van der Waals surface area contributed by atoms with E-state index in [2.05, 4.69) is 31.6 Å². The molecule has 15 nitrogen and oxygen atoms in total. The minimum atomic E-state index is -1.23. The van der Waals surface area contributed by atoms with Gasteiger partial charge in [0.15, 0.2) is 5.96 Å². The smallest absolute Gasteiger partial charge is 0.245 e. The number of likely N-dealkylation sites (N-methyl/N-ethyl adjacent to an activating group) is 1. The summed E-state index contributed by atoms with van der Waals surface area (Å²) in [5, 5.41) is 16.6. The third-order valence-corrected chi connectivity index (χ3v) is 10.5. The van der Waals surface area contributed by atoms with Crippen molar-refractivity contribution in [2.75, 3.05) is 26.2 Å². The summed E-state index contributed by atoms with van der Waals surface area (Å²) in [6.45, 7) is 2.86. The van der Waals surface area contributed by atoms with Crippen molar-refractivity contribution in [2.24, 2.45) is 22.2 Å². The van der Waals surface area contributed by atoms with E-state index in [0.29, 0.717) is 36.5 Å². The fraction of sp³-hybridized carbons (Fsp3) is 0.404. The molecule has 4 aromatic carbocycles. The van der Waals surface area contributed by atoms with Crippen LogP contribution in [-0.4, -0.2) is 85.9 Å². The molecule has 0 radical (unpaired) electrons. The van der Waals surface area contributed by atoms with Crippen LogP contribution in [0.25, 0.3) is 10.8 Å². The van der Waals surface area contributed by atoms with Crippen LogP contribution in [0.3, 0.4) is 0 Å². The Kier molecular flexibility index (Phi) is 21.4. The van der Waals surface area contributed by atoms with Gasteiger partial charge in [0.1, 0.15) is 24.2 Å². The lowest BCUT2D eigenvalue weighted by Crippen LogP contribution is -2.59. The molecule has 4 rings (SSSR count). The second kappa shape index (κ2) is 27.1. The summed E-state index contributed by atoms with van der Waals surface area (Å²) in [4.78, 5) is 73.5. The third-order valence-electron chi connectivity index (χ3n) is 10.3. The van der Waals surface area contributed by atoms with Gasteiger partial charge in [0.2, 0.25) is 29.5 Å². The highest BCUT2D eigenvalue weighted by Gasteiger charge is 2.32. The summed E-state index contributed by atoms with van der Waals surface area (Å²) in [5.41, 5.74) is 19.1.